The maximum atomic E-state index is 5.52. The summed E-state index contributed by atoms with van der Waals surface area (Å²) in [5.41, 5.74) is 7.01. The van der Waals surface area contributed by atoms with Crippen LogP contribution in [0.15, 0.2) is 50.5 Å². The largest absolute Gasteiger partial charge is 0.496 e. The van der Waals surface area contributed by atoms with Gasteiger partial charge in [0.2, 0.25) is 0 Å². The molecule has 6 nitrogen and oxygen atoms in total. The molecule has 32 heavy (non-hydrogen) atoms. The van der Waals surface area contributed by atoms with Crippen molar-refractivity contribution in [1.82, 2.24) is 15.0 Å². The van der Waals surface area contributed by atoms with Crippen molar-refractivity contribution in [3.63, 3.8) is 0 Å². The molecule has 0 fully saturated rings. The quantitative estimate of drug-likeness (QED) is 0.282. The summed E-state index contributed by atoms with van der Waals surface area (Å²) in [6.45, 7) is 0.714. The van der Waals surface area contributed by atoms with E-state index in [1.165, 1.54) is 5.56 Å². The Balaban J connectivity index is 1.59. The molecule has 4 heterocycles. The van der Waals surface area contributed by atoms with E-state index in [2.05, 4.69) is 54.0 Å². The number of fused-ring (bicyclic) bond motifs is 6. The van der Waals surface area contributed by atoms with Gasteiger partial charge in [0.05, 0.1) is 34.4 Å². The summed E-state index contributed by atoms with van der Waals surface area (Å²) in [4.78, 5) is 16.8. The van der Waals surface area contributed by atoms with E-state index in [-0.39, 0.29) is 0 Å². The Morgan fingerprint density at radius 1 is 0.875 bits per heavy atom. The van der Waals surface area contributed by atoms with Gasteiger partial charge < -0.3 is 19.4 Å². The number of methoxy groups -OCH3 is 2. The summed E-state index contributed by atoms with van der Waals surface area (Å²) < 4.78 is 12.9. The molecule has 6 rings (SSSR count). The number of aromatic nitrogens is 3. The Morgan fingerprint density at radius 3 is 2.28 bits per heavy atom. The van der Waals surface area contributed by atoms with E-state index in [9.17, 15) is 0 Å². The van der Waals surface area contributed by atoms with E-state index >= 15 is 0 Å². The number of rotatable bonds is 3. The first kappa shape index (κ1) is 19.8. The van der Waals surface area contributed by atoms with Crippen LogP contribution >= 0.6 is 31.9 Å². The van der Waals surface area contributed by atoms with Gasteiger partial charge in [-0.15, -0.1) is 0 Å². The van der Waals surface area contributed by atoms with E-state index in [1.807, 2.05) is 24.4 Å². The number of hydrogen-bond donors (Lipinski definition) is 2. The first-order valence-electron chi connectivity index (χ1n) is 10.2. The number of halogens is 2. The van der Waals surface area contributed by atoms with Crippen molar-refractivity contribution in [3.05, 3.63) is 62.4 Å². The molecule has 5 aromatic rings. The van der Waals surface area contributed by atoms with Crippen LogP contribution in [0.3, 0.4) is 0 Å². The average Bonchev–Trinajstić information content (AvgIpc) is 3.34. The van der Waals surface area contributed by atoms with Crippen molar-refractivity contribution in [2.24, 2.45) is 4.99 Å². The van der Waals surface area contributed by atoms with Crippen LogP contribution < -0.4 is 9.47 Å². The first-order chi connectivity index (χ1) is 15.6. The highest BCUT2D eigenvalue weighted by atomic mass is 79.9. The van der Waals surface area contributed by atoms with Crippen molar-refractivity contribution in [1.29, 1.82) is 0 Å². The number of nitrogens with one attached hydrogen (secondary N) is 2. The van der Waals surface area contributed by atoms with Crippen LogP contribution in [0.4, 0.5) is 0 Å². The fraction of sp³-hybridized carbons (Fsp3) is 0.167. The maximum absolute atomic E-state index is 5.52. The van der Waals surface area contributed by atoms with E-state index in [1.54, 1.807) is 14.2 Å². The van der Waals surface area contributed by atoms with Gasteiger partial charge in [-0.3, -0.25) is 9.98 Å². The van der Waals surface area contributed by atoms with Crippen LogP contribution in [0.1, 0.15) is 17.0 Å². The van der Waals surface area contributed by atoms with Gasteiger partial charge in [-0.25, -0.2) is 0 Å². The smallest absolute Gasteiger partial charge is 0.133 e. The maximum Gasteiger partial charge on any atom is 0.133 e. The van der Waals surface area contributed by atoms with Gasteiger partial charge in [-0.2, -0.15) is 0 Å². The second-order valence-corrected chi connectivity index (χ2v) is 9.44. The number of nitrogens with zero attached hydrogens (tertiary/aromatic N) is 2. The van der Waals surface area contributed by atoms with Crippen LogP contribution in [0.25, 0.3) is 32.7 Å². The fourth-order valence-electron chi connectivity index (χ4n) is 4.58. The monoisotopic (exact) mass is 552 g/mol. The topological polar surface area (TPSA) is 75.3 Å². The lowest BCUT2D eigenvalue weighted by Crippen LogP contribution is -2.15. The second kappa shape index (κ2) is 7.35. The minimum atomic E-state index is 0.714. The number of aliphatic imine (C=N–C) groups is 1. The van der Waals surface area contributed by atoms with E-state index in [0.717, 1.165) is 76.7 Å². The molecule has 0 saturated carbocycles. The lowest BCUT2D eigenvalue weighted by atomic mass is 9.99. The first-order valence-corrected chi connectivity index (χ1v) is 11.7. The molecule has 0 spiro atoms. The van der Waals surface area contributed by atoms with Crippen molar-refractivity contribution < 1.29 is 9.47 Å². The third-order valence-electron chi connectivity index (χ3n) is 6.06. The van der Waals surface area contributed by atoms with Crippen LogP contribution in [0, 0.1) is 0 Å². The highest BCUT2D eigenvalue weighted by molar-refractivity contribution is 9.11. The molecule has 0 bridgehead atoms. The third-order valence-corrected chi connectivity index (χ3v) is 7.30. The molecule has 160 valence electrons. The summed E-state index contributed by atoms with van der Waals surface area (Å²) in [5, 5.41) is 3.33. The summed E-state index contributed by atoms with van der Waals surface area (Å²) in [7, 11) is 3.36. The zero-order chi connectivity index (χ0) is 22.0. The normalized spacial score (nSPS) is 13.6. The summed E-state index contributed by atoms with van der Waals surface area (Å²) in [6.07, 6.45) is 2.72. The third kappa shape index (κ3) is 2.82. The molecule has 8 heteroatoms. The SMILES string of the molecule is COc1cc2c3c([nH]c2cc1Br)C(c1nccc2c1[nH]c1cc(Br)c(OC)cc12)=NCC3. The van der Waals surface area contributed by atoms with E-state index in [4.69, 9.17) is 19.5 Å². The van der Waals surface area contributed by atoms with Gasteiger partial charge in [0.1, 0.15) is 22.9 Å². The van der Waals surface area contributed by atoms with E-state index in [0.29, 0.717) is 6.54 Å². The number of hydrogen-bond acceptors (Lipinski definition) is 4. The van der Waals surface area contributed by atoms with Gasteiger partial charge in [0.25, 0.3) is 0 Å². The Kier molecular flexibility index (Phi) is 4.55. The molecule has 0 saturated heterocycles. The van der Waals surface area contributed by atoms with Gasteiger partial charge in [-0.05, 0) is 74.2 Å². The minimum Gasteiger partial charge on any atom is -0.496 e. The van der Waals surface area contributed by atoms with Crippen LogP contribution in [-0.4, -0.2) is 41.4 Å². The Bertz CT molecular complexity index is 1580. The van der Waals surface area contributed by atoms with Crippen LogP contribution in [-0.2, 0) is 6.42 Å². The molecule has 0 atom stereocenters. The fourth-order valence-corrected chi connectivity index (χ4v) is 5.59. The average molecular weight is 554 g/mol. The predicted octanol–water partition coefficient (Wildman–Crippen LogP) is 6.13. The Morgan fingerprint density at radius 2 is 1.56 bits per heavy atom. The highest BCUT2D eigenvalue weighted by Gasteiger charge is 2.25. The molecule has 2 N–H and O–H groups in total. The summed E-state index contributed by atoms with van der Waals surface area (Å²) in [5.74, 6) is 1.61. The lowest BCUT2D eigenvalue weighted by Gasteiger charge is -2.13. The molecule has 3 aromatic heterocycles. The summed E-state index contributed by atoms with van der Waals surface area (Å²) >= 11 is 7.18. The predicted molar refractivity (Wildman–Crippen MR) is 135 cm³/mol. The highest BCUT2D eigenvalue weighted by Crippen LogP contribution is 2.38. The Hall–Kier alpha value is -2.84. The van der Waals surface area contributed by atoms with Gasteiger partial charge in [0.15, 0.2) is 0 Å². The minimum absolute atomic E-state index is 0.714. The van der Waals surface area contributed by atoms with Gasteiger partial charge >= 0.3 is 0 Å². The van der Waals surface area contributed by atoms with Crippen LogP contribution in [0.5, 0.6) is 11.5 Å². The molecule has 0 amide bonds. The molecule has 0 aliphatic carbocycles. The van der Waals surface area contributed by atoms with Crippen LogP contribution in [0.2, 0.25) is 0 Å². The van der Waals surface area contributed by atoms with Crippen molar-refractivity contribution >= 4 is 70.3 Å². The molecule has 1 aliphatic rings. The molecular weight excluding hydrogens is 536 g/mol. The number of aromatic amines is 2. The number of H-pyrrole nitrogens is 2. The zero-order valence-corrected chi connectivity index (χ0v) is 20.5. The van der Waals surface area contributed by atoms with E-state index < -0.39 is 0 Å². The Labute approximate surface area is 200 Å². The van der Waals surface area contributed by atoms with Crippen molar-refractivity contribution in [2.75, 3.05) is 20.8 Å². The number of pyridine rings is 1. The number of benzene rings is 2. The van der Waals surface area contributed by atoms with Gasteiger partial charge in [0, 0.05) is 39.9 Å². The van der Waals surface area contributed by atoms with Crippen molar-refractivity contribution in [2.45, 2.75) is 6.42 Å². The molecule has 0 unspecified atom stereocenters. The molecule has 2 aromatic carbocycles. The second-order valence-electron chi connectivity index (χ2n) is 7.73. The molecule has 0 radical (unpaired) electrons. The lowest BCUT2D eigenvalue weighted by molar-refractivity contribution is 0.412. The number of ether oxygens (including phenoxy) is 2. The van der Waals surface area contributed by atoms with Gasteiger partial charge in [-0.1, -0.05) is 0 Å². The standard InChI is InChI=1S/C24H18Br2N4O2/c1-31-19-7-13-11-3-5-27-23(21(11)29-17(13)9-15(19)25)24-22-12(4-6-28-24)14-8-20(32-2)16(26)10-18(14)30-22/h3,5,7-10,29-30H,4,6H2,1-2H3. The summed E-state index contributed by atoms with van der Waals surface area (Å²) in [6, 6.07) is 10.3. The van der Waals surface area contributed by atoms with Crippen molar-refractivity contribution in [3.8, 4) is 11.5 Å². The molecule has 1 aliphatic heterocycles. The zero-order valence-electron chi connectivity index (χ0n) is 17.3. The molecular formula is C24H18Br2N4O2.